The highest BCUT2D eigenvalue weighted by Crippen LogP contribution is 2.46. The maximum Gasteiger partial charge on any atom is 0.224 e. The van der Waals surface area contributed by atoms with Gasteiger partial charge in [-0.1, -0.05) is 111 Å². The average molecular weight is 455 g/mol. The molecule has 0 aliphatic heterocycles. The van der Waals surface area contributed by atoms with E-state index in [1.165, 1.54) is 86.5 Å². The summed E-state index contributed by atoms with van der Waals surface area (Å²) in [4.78, 5) is 9.02. The van der Waals surface area contributed by atoms with Crippen LogP contribution in [-0.4, -0.2) is 20.5 Å². The lowest BCUT2D eigenvalue weighted by molar-refractivity contribution is 0.385. The third kappa shape index (κ3) is 4.09. The Hall–Kier alpha value is -1.94. The van der Waals surface area contributed by atoms with Crippen molar-refractivity contribution in [3.63, 3.8) is 0 Å². The number of benzene rings is 2. The van der Waals surface area contributed by atoms with Gasteiger partial charge in [-0.2, -0.15) is 0 Å². The van der Waals surface area contributed by atoms with E-state index in [1.54, 1.807) is 0 Å². The Morgan fingerprint density at radius 1 is 0.545 bits per heavy atom. The van der Waals surface area contributed by atoms with E-state index in [1.807, 2.05) is 0 Å². The first kappa shape index (κ1) is 21.6. The van der Waals surface area contributed by atoms with Crippen molar-refractivity contribution in [2.24, 2.45) is 0 Å². The summed E-state index contributed by atoms with van der Waals surface area (Å²) >= 11 is 0. The van der Waals surface area contributed by atoms with E-state index in [2.05, 4.69) is 82.8 Å². The van der Waals surface area contributed by atoms with E-state index in [-0.39, 0.29) is 0 Å². The van der Waals surface area contributed by atoms with E-state index >= 15 is 0 Å². The van der Waals surface area contributed by atoms with Crippen LogP contribution in [0.3, 0.4) is 0 Å². The lowest BCUT2D eigenvalue weighted by Crippen LogP contribution is -2.73. The molecule has 2 atom stereocenters. The zero-order valence-corrected chi connectivity index (χ0v) is 20.8. The van der Waals surface area contributed by atoms with Gasteiger partial charge in [-0.3, -0.25) is 0 Å². The molecular formula is C30H38N2Si. The molecule has 0 radical (unpaired) electrons. The second-order valence-corrected chi connectivity index (χ2v) is 14.3. The van der Waals surface area contributed by atoms with Crippen LogP contribution in [0.5, 0.6) is 0 Å². The van der Waals surface area contributed by atoms with E-state index in [0.717, 1.165) is 0 Å². The third-order valence-corrected chi connectivity index (χ3v) is 13.4. The molecule has 2 unspecified atom stereocenters. The standard InChI is InChI=1S/C30H38N2Si/c1-3-13-25(14-4-1)31-33(32-26-15-5-2-6-16-26,29-21-19-23-11-7-9-17-27(23)29)30-22-20-24-12-8-10-18-28(24)30/h7-12,17-22,25-26,29-32H,1-6,13-16H2. The normalized spacial score (nSPS) is 25.3. The minimum Gasteiger partial charge on any atom is -0.321 e. The minimum absolute atomic E-state index is 0.457. The second kappa shape index (κ2) is 9.36. The van der Waals surface area contributed by atoms with Gasteiger partial charge in [0.25, 0.3) is 0 Å². The van der Waals surface area contributed by atoms with Gasteiger partial charge in [-0.05, 0) is 47.9 Å². The summed E-state index contributed by atoms with van der Waals surface area (Å²) in [7, 11) is -2.28. The molecule has 2 aromatic rings. The first-order valence-electron chi connectivity index (χ1n) is 13.4. The smallest absolute Gasteiger partial charge is 0.224 e. The summed E-state index contributed by atoms with van der Waals surface area (Å²) in [6.07, 6.45) is 23.5. The average Bonchev–Trinajstić information content (AvgIpc) is 3.50. The topological polar surface area (TPSA) is 24.1 Å². The molecule has 2 fully saturated rings. The Morgan fingerprint density at radius 2 is 0.970 bits per heavy atom. The lowest BCUT2D eigenvalue weighted by Gasteiger charge is -2.48. The van der Waals surface area contributed by atoms with Crippen molar-refractivity contribution in [2.75, 3.05) is 0 Å². The van der Waals surface area contributed by atoms with E-state index in [4.69, 9.17) is 0 Å². The number of allylic oxidation sites excluding steroid dienone is 2. The molecule has 4 aliphatic rings. The first-order valence-corrected chi connectivity index (χ1v) is 15.6. The molecule has 33 heavy (non-hydrogen) atoms. The van der Waals surface area contributed by atoms with Crippen molar-refractivity contribution in [2.45, 2.75) is 87.4 Å². The van der Waals surface area contributed by atoms with Gasteiger partial charge in [-0.25, -0.2) is 0 Å². The zero-order chi connectivity index (χ0) is 22.1. The van der Waals surface area contributed by atoms with Crippen molar-refractivity contribution in [1.29, 1.82) is 0 Å². The lowest BCUT2D eigenvalue weighted by atomic mass is 9.96. The fraction of sp³-hybridized carbons (Fsp3) is 0.467. The van der Waals surface area contributed by atoms with Crippen molar-refractivity contribution in [1.82, 2.24) is 9.96 Å². The molecule has 0 amide bonds. The molecule has 2 saturated carbocycles. The second-order valence-electron chi connectivity index (χ2n) is 10.8. The van der Waals surface area contributed by atoms with Crippen LogP contribution in [0.25, 0.3) is 12.2 Å². The predicted molar refractivity (Wildman–Crippen MR) is 142 cm³/mol. The maximum atomic E-state index is 4.51. The Bertz CT molecular complexity index is 946. The molecule has 2 aromatic carbocycles. The first-order chi connectivity index (χ1) is 16.3. The summed E-state index contributed by atoms with van der Waals surface area (Å²) in [5, 5.41) is 0. The van der Waals surface area contributed by atoms with Crippen LogP contribution in [0.2, 0.25) is 0 Å². The van der Waals surface area contributed by atoms with Crippen LogP contribution < -0.4 is 9.96 Å². The van der Waals surface area contributed by atoms with Crippen LogP contribution in [0, 0.1) is 0 Å². The minimum atomic E-state index is -2.28. The number of fused-ring (bicyclic) bond motifs is 2. The van der Waals surface area contributed by atoms with Crippen LogP contribution in [0.1, 0.15) is 97.5 Å². The van der Waals surface area contributed by atoms with Crippen LogP contribution >= 0.6 is 0 Å². The molecule has 2 nitrogen and oxygen atoms in total. The molecule has 0 spiro atoms. The maximum absolute atomic E-state index is 4.51. The van der Waals surface area contributed by atoms with E-state index in [9.17, 15) is 0 Å². The third-order valence-electron chi connectivity index (χ3n) is 8.68. The SMILES string of the molecule is C1=CC([Si](NC2CCCCC2)(NC2CCCCC2)C2C=Cc3ccccc32)c2ccccc21. The zero-order valence-electron chi connectivity index (χ0n) is 19.8. The van der Waals surface area contributed by atoms with Crippen LogP contribution in [0.4, 0.5) is 0 Å². The van der Waals surface area contributed by atoms with Gasteiger partial charge in [0.15, 0.2) is 0 Å². The van der Waals surface area contributed by atoms with Crippen molar-refractivity contribution < 1.29 is 0 Å². The summed E-state index contributed by atoms with van der Waals surface area (Å²) in [6, 6.07) is 19.6. The Balaban J connectivity index is 1.47. The van der Waals surface area contributed by atoms with Gasteiger partial charge in [0, 0.05) is 23.2 Å². The molecule has 0 bridgehead atoms. The molecule has 0 aromatic heterocycles. The fourth-order valence-corrected chi connectivity index (χ4v) is 12.5. The molecule has 172 valence electrons. The molecule has 0 saturated heterocycles. The van der Waals surface area contributed by atoms with Crippen molar-refractivity contribution >= 4 is 20.5 Å². The molecular weight excluding hydrogens is 416 g/mol. The Labute approximate surface area is 200 Å². The monoisotopic (exact) mass is 454 g/mol. The number of hydrogen-bond acceptors (Lipinski definition) is 2. The van der Waals surface area contributed by atoms with Gasteiger partial charge in [0.1, 0.15) is 0 Å². The Morgan fingerprint density at radius 3 is 1.42 bits per heavy atom. The highest BCUT2D eigenvalue weighted by molar-refractivity contribution is 6.79. The fourth-order valence-electron chi connectivity index (χ4n) is 7.06. The van der Waals surface area contributed by atoms with Gasteiger partial charge in [0.05, 0.1) is 0 Å². The largest absolute Gasteiger partial charge is 0.321 e. The molecule has 2 N–H and O–H groups in total. The molecule has 0 heterocycles. The van der Waals surface area contributed by atoms with E-state index in [0.29, 0.717) is 23.2 Å². The number of rotatable bonds is 6. The highest BCUT2D eigenvalue weighted by atomic mass is 28.3. The van der Waals surface area contributed by atoms with Gasteiger partial charge < -0.3 is 9.96 Å². The molecule has 6 rings (SSSR count). The van der Waals surface area contributed by atoms with Crippen molar-refractivity contribution in [3.05, 3.63) is 82.9 Å². The number of nitrogens with one attached hydrogen (secondary N) is 2. The van der Waals surface area contributed by atoms with Crippen molar-refractivity contribution in [3.8, 4) is 0 Å². The van der Waals surface area contributed by atoms with Gasteiger partial charge >= 0.3 is 0 Å². The summed E-state index contributed by atoms with van der Waals surface area (Å²) < 4.78 is 0. The Kier molecular flexibility index (Phi) is 6.12. The van der Waals surface area contributed by atoms with Crippen LogP contribution in [0.15, 0.2) is 60.7 Å². The van der Waals surface area contributed by atoms with Gasteiger partial charge in [0.2, 0.25) is 8.40 Å². The summed E-state index contributed by atoms with van der Waals surface area (Å²) in [5.41, 5.74) is 6.83. The van der Waals surface area contributed by atoms with Crippen LogP contribution in [-0.2, 0) is 0 Å². The summed E-state index contributed by atoms with van der Waals surface area (Å²) in [6.45, 7) is 0. The quantitative estimate of drug-likeness (QED) is 0.460. The van der Waals surface area contributed by atoms with E-state index < -0.39 is 8.40 Å². The van der Waals surface area contributed by atoms with Gasteiger partial charge in [-0.15, -0.1) is 0 Å². The predicted octanol–water partition coefficient (Wildman–Crippen LogP) is 6.97. The number of hydrogen-bond donors (Lipinski definition) is 2. The summed E-state index contributed by atoms with van der Waals surface area (Å²) in [5.74, 6) is 0. The molecule has 3 heteroatoms. The molecule has 4 aliphatic carbocycles. The highest BCUT2D eigenvalue weighted by Gasteiger charge is 2.53.